The Bertz CT molecular complexity index is 213. The summed E-state index contributed by atoms with van der Waals surface area (Å²) in [4.78, 5) is 11.1. The average Bonchev–Trinajstić information content (AvgIpc) is 2.00. The molecule has 90 valence electrons. The fourth-order valence-corrected chi connectivity index (χ4v) is 2.52. The lowest BCUT2D eigenvalue weighted by molar-refractivity contribution is 0.0763. The molecule has 0 radical (unpaired) electrons. The number of nitrogens with zero attached hydrogens (tertiary/aromatic N) is 1. The highest BCUT2D eigenvalue weighted by molar-refractivity contribution is 4.95. The molecule has 0 saturated carbocycles. The van der Waals surface area contributed by atoms with Gasteiger partial charge in [0.05, 0.1) is 0 Å². The van der Waals surface area contributed by atoms with Gasteiger partial charge >= 0.3 is 0 Å². The highest BCUT2D eigenvalue weighted by Gasteiger charge is 2.43. The van der Waals surface area contributed by atoms with Gasteiger partial charge < -0.3 is 0 Å². The van der Waals surface area contributed by atoms with E-state index >= 15 is 0 Å². The summed E-state index contributed by atoms with van der Waals surface area (Å²) in [5.41, 5.74) is -0.109. The van der Waals surface area contributed by atoms with Crippen molar-refractivity contribution in [1.29, 1.82) is 0 Å². The highest BCUT2D eigenvalue weighted by atomic mass is 16.3. The molecule has 0 aliphatic rings. The molecule has 0 rings (SSSR count). The van der Waals surface area contributed by atoms with Crippen molar-refractivity contribution in [2.75, 3.05) is 0 Å². The van der Waals surface area contributed by atoms with Crippen LogP contribution in [0.25, 0.3) is 0 Å². The van der Waals surface area contributed by atoms with Crippen molar-refractivity contribution in [3.05, 3.63) is 4.91 Å². The van der Waals surface area contributed by atoms with Crippen LogP contribution in [-0.4, -0.2) is 6.04 Å². The van der Waals surface area contributed by atoms with E-state index in [2.05, 4.69) is 60.6 Å². The molecule has 2 atom stereocenters. The third-order valence-electron chi connectivity index (χ3n) is 3.80. The van der Waals surface area contributed by atoms with Crippen molar-refractivity contribution >= 4 is 0 Å². The zero-order valence-electron chi connectivity index (χ0n) is 11.6. The standard InChI is InChI=1S/C13H27NO/c1-9(2)10(3)13(7,8)11(14-15)12(4,5)6/h9-11H,1-8H3. The fraction of sp³-hybridized carbons (Fsp3) is 1.00. The zero-order valence-corrected chi connectivity index (χ0v) is 11.6. The molecule has 0 aromatic heterocycles. The van der Waals surface area contributed by atoms with Crippen LogP contribution in [0.1, 0.15) is 55.4 Å². The second kappa shape index (κ2) is 4.63. The van der Waals surface area contributed by atoms with E-state index in [9.17, 15) is 4.91 Å². The van der Waals surface area contributed by atoms with Gasteiger partial charge in [-0.15, -0.1) is 0 Å². The molecule has 0 aliphatic carbocycles. The number of nitroso groups, excluding NO2 is 1. The van der Waals surface area contributed by atoms with Gasteiger partial charge in [-0.3, -0.25) is 0 Å². The van der Waals surface area contributed by atoms with Crippen molar-refractivity contribution in [3.8, 4) is 0 Å². The van der Waals surface area contributed by atoms with Gasteiger partial charge in [-0.05, 0) is 22.7 Å². The number of rotatable bonds is 4. The molecule has 2 nitrogen and oxygen atoms in total. The van der Waals surface area contributed by atoms with Crippen LogP contribution in [0.2, 0.25) is 0 Å². The summed E-state index contributed by atoms with van der Waals surface area (Å²) < 4.78 is 0. The van der Waals surface area contributed by atoms with Crippen LogP contribution in [0.4, 0.5) is 0 Å². The molecule has 0 spiro atoms. The third kappa shape index (κ3) is 3.29. The molecule has 0 aromatic rings. The van der Waals surface area contributed by atoms with Crippen LogP contribution in [-0.2, 0) is 0 Å². The Morgan fingerprint density at radius 1 is 0.933 bits per heavy atom. The Kier molecular flexibility index (Phi) is 4.50. The average molecular weight is 213 g/mol. The van der Waals surface area contributed by atoms with E-state index in [1.54, 1.807) is 0 Å². The van der Waals surface area contributed by atoms with Crippen LogP contribution < -0.4 is 0 Å². The van der Waals surface area contributed by atoms with Crippen molar-refractivity contribution in [2.45, 2.75) is 61.4 Å². The molecule has 0 N–H and O–H groups in total. The Hall–Kier alpha value is -0.400. The first-order valence-corrected chi connectivity index (χ1v) is 5.87. The van der Waals surface area contributed by atoms with Gasteiger partial charge in [0.15, 0.2) is 0 Å². The van der Waals surface area contributed by atoms with Crippen LogP contribution in [0.15, 0.2) is 5.18 Å². The Labute approximate surface area is 94.8 Å². The lowest BCUT2D eigenvalue weighted by Crippen LogP contribution is -2.43. The van der Waals surface area contributed by atoms with Crippen molar-refractivity contribution in [2.24, 2.45) is 27.8 Å². The van der Waals surface area contributed by atoms with Crippen LogP contribution in [0.3, 0.4) is 0 Å². The van der Waals surface area contributed by atoms with Crippen LogP contribution >= 0.6 is 0 Å². The van der Waals surface area contributed by atoms with Gasteiger partial charge in [0.25, 0.3) is 0 Å². The predicted molar refractivity (Wildman–Crippen MR) is 66.8 cm³/mol. The Morgan fingerprint density at radius 3 is 1.53 bits per heavy atom. The normalized spacial score (nSPS) is 17.7. The molecule has 0 saturated heterocycles. The predicted octanol–water partition coefficient (Wildman–Crippen LogP) is 4.49. The third-order valence-corrected chi connectivity index (χ3v) is 3.80. The molecule has 15 heavy (non-hydrogen) atoms. The summed E-state index contributed by atoms with van der Waals surface area (Å²) in [5.74, 6) is 1.06. The number of hydrogen-bond acceptors (Lipinski definition) is 2. The summed E-state index contributed by atoms with van der Waals surface area (Å²) in [6.45, 7) is 17.2. The maximum atomic E-state index is 11.1. The smallest absolute Gasteiger partial charge is 0.102 e. The van der Waals surface area contributed by atoms with Gasteiger partial charge in [0.1, 0.15) is 6.04 Å². The minimum Gasteiger partial charge on any atom is -0.150 e. The summed E-state index contributed by atoms with van der Waals surface area (Å²) in [5, 5.41) is 3.38. The van der Waals surface area contributed by atoms with Gasteiger partial charge in [-0.2, -0.15) is 4.91 Å². The molecule has 0 bridgehead atoms. The van der Waals surface area contributed by atoms with Crippen LogP contribution in [0, 0.1) is 27.6 Å². The summed E-state index contributed by atoms with van der Waals surface area (Å²) in [6, 6.07) is -0.137. The van der Waals surface area contributed by atoms with E-state index in [4.69, 9.17) is 0 Å². The highest BCUT2D eigenvalue weighted by Crippen LogP contribution is 2.43. The van der Waals surface area contributed by atoms with Gasteiger partial charge in [0.2, 0.25) is 0 Å². The fourth-order valence-electron chi connectivity index (χ4n) is 2.52. The van der Waals surface area contributed by atoms with E-state index in [1.807, 2.05) is 0 Å². The SMILES string of the molecule is CC(C)C(C)C(C)(C)C(N=O)C(C)(C)C. The Morgan fingerprint density at radius 2 is 1.33 bits per heavy atom. The van der Waals surface area contributed by atoms with E-state index in [0.29, 0.717) is 11.8 Å². The molecular formula is C13H27NO. The number of hydrogen-bond donors (Lipinski definition) is 0. The van der Waals surface area contributed by atoms with Gasteiger partial charge in [0, 0.05) is 0 Å². The minimum absolute atomic E-state index is 0.0475. The first-order valence-electron chi connectivity index (χ1n) is 5.87. The van der Waals surface area contributed by atoms with Crippen molar-refractivity contribution in [1.82, 2.24) is 0 Å². The molecule has 0 amide bonds. The topological polar surface area (TPSA) is 29.4 Å². The molecule has 2 unspecified atom stereocenters. The van der Waals surface area contributed by atoms with E-state index in [1.165, 1.54) is 0 Å². The lowest BCUT2D eigenvalue weighted by Gasteiger charge is -2.43. The first-order chi connectivity index (χ1) is 6.55. The van der Waals surface area contributed by atoms with Crippen molar-refractivity contribution in [3.63, 3.8) is 0 Å². The molecule has 0 heterocycles. The molecular weight excluding hydrogens is 186 g/mol. The summed E-state index contributed by atoms with van der Waals surface area (Å²) in [7, 11) is 0. The molecule has 0 aromatic carbocycles. The van der Waals surface area contributed by atoms with E-state index in [0.717, 1.165) is 0 Å². The molecule has 2 heteroatoms. The van der Waals surface area contributed by atoms with Gasteiger partial charge in [-0.25, -0.2) is 0 Å². The minimum atomic E-state index is -0.137. The van der Waals surface area contributed by atoms with Crippen molar-refractivity contribution < 1.29 is 0 Å². The summed E-state index contributed by atoms with van der Waals surface area (Å²) in [6.07, 6.45) is 0. The second-order valence-corrected chi connectivity index (χ2v) is 6.73. The largest absolute Gasteiger partial charge is 0.150 e. The van der Waals surface area contributed by atoms with E-state index in [-0.39, 0.29) is 16.9 Å². The molecule has 0 aliphatic heterocycles. The Balaban J connectivity index is 5.05. The maximum Gasteiger partial charge on any atom is 0.102 e. The van der Waals surface area contributed by atoms with E-state index < -0.39 is 0 Å². The first kappa shape index (κ1) is 14.6. The summed E-state index contributed by atoms with van der Waals surface area (Å²) >= 11 is 0. The second-order valence-electron chi connectivity index (χ2n) is 6.73. The monoisotopic (exact) mass is 213 g/mol. The van der Waals surface area contributed by atoms with Gasteiger partial charge in [-0.1, -0.05) is 60.6 Å². The lowest BCUT2D eigenvalue weighted by atomic mass is 9.63. The van der Waals surface area contributed by atoms with Crippen LogP contribution in [0.5, 0.6) is 0 Å². The zero-order chi connectivity index (χ0) is 12.4. The quantitative estimate of drug-likeness (QED) is 0.633. The molecule has 0 fully saturated rings. The maximum absolute atomic E-state index is 11.1.